The van der Waals surface area contributed by atoms with E-state index in [1.54, 1.807) is 60.7 Å². The summed E-state index contributed by atoms with van der Waals surface area (Å²) in [5, 5.41) is 6.11. The molecule has 1 aromatic heterocycles. The van der Waals surface area contributed by atoms with Crippen LogP contribution in [0.5, 0.6) is 0 Å². The molecular weight excluding hydrogens is 350 g/mol. The normalized spacial score (nSPS) is 10.2. The van der Waals surface area contributed by atoms with Gasteiger partial charge in [-0.2, -0.15) is 0 Å². The highest BCUT2D eigenvalue weighted by Gasteiger charge is 2.15. The van der Waals surface area contributed by atoms with Gasteiger partial charge in [-0.1, -0.05) is 29.8 Å². The van der Waals surface area contributed by atoms with Crippen LogP contribution in [0.25, 0.3) is 0 Å². The van der Waals surface area contributed by atoms with Gasteiger partial charge in [0.25, 0.3) is 11.8 Å². The minimum absolute atomic E-state index is 0.290. The van der Waals surface area contributed by atoms with Crippen LogP contribution < -0.4 is 10.6 Å². The first-order valence-electron chi connectivity index (χ1n) is 7.94. The monoisotopic (exact) mass is 365 g/mol. The molecule has 3 aromatic rings. The molecule has 0 saturated carbocycles. The van der Waals surface area contributed by atoms with Crippen LogP contribution >= 0.6 is 11.6 Å². The van der Waals surface area contributed by atoms with Gasteiger partial charge in [0.2, 0.25) is 0 Å². The summed E-state index contributed by atoms with van der Waals surface area (Å²) in [7, 11) is 0. The van der Waals surface area contributed by atoms with E-state index in [0.717, 1.165) is 5.69 Å². The number of anilines is 2. The zero-order valence-electron chi connectivity index (χ0n) is 14.0. The summed E-state index contributed by atoms with van der Waals surface area (Å²) in [6.07, 6.45) is 0. The lowest BCUT2D eigenvalue weighted by Gasteiger charge is -2.11. The standard InChI is InChI=1S/C20H16ClN3O2/c1-13-5-4-8-18(22-13)20(26)24-17-7-3-2-6-16(17)19(25)23-15-11-9-14(21)10-12-15/h2-12H,1H3,(H,23,25)(H,24,26). The van der Waals surface area contributed by atoms with Crippen molar-refractivity contribution in [2.75, 3.05) is 10.6 Å². The number of carbonyl (C=O) groups is 2. The summed E-state index contributed by atoms with van der Waals surface area (Å²) >= 11 is 5.85. The van der Waals surface area contributed by atoms with Crippen molar-refractivity contribution in [2.24, 2.45) is 0 Å². The molecule has 130 valence electrons. The molecule has 0 radical (unpaired) electrons. The number of carbonyl (C=O) groups excluding carboxylic acids is 2. The van der Waals surface area contributed by atoms with Gasteiger partial charge < -0.3 is 10.6 Å². The largest absolute Gasteiger partial charge is 0.322 e. The summed E-state index contributed by atoms with van der Waals surface area (Å²) < 4.78 is 0. The fourth-order valence-electron chi connectivity index (χ4n) is 2.38. The lowest BCUT2D eigenvalue weighted by Crippen LogP contribution is -2.19. The maximum atomic E-state index is 12.6. The smallest absolute Gasteiger partial charge is 0.274 e. The van der Waals surface area contributed by atoms with Crippen LogP contribution in [0.15, 0.2) is 66.7 Å². The Morgan fingerprint density at radius 1 is 0.846 bits per heavy atom. The first kappa shape index (κ1) is 17.6. The maximum Gasteiger partial charge on any atom is 0.274 e. The number of aryl methyl sites for hydroxylation is 1. The SMILES string of the molecule is Cc1cccc(C(=O)Nc2ccccc2C(=O)Nc2ccc(Cl)cc2)n1. The second-order valence-corrected chi connectivity index (χ2v) is 6.06. The lowest BCUT2D eigenvalue weighted by atomic mass is 10.1. The Hall–Kier alpha value is -3.18. The molecular formula is C20H16ClN3O2. The number of hydrogen-bond acceptors (Lipinski definition) is 3. The second kappa shape index (κ2) is 7.80. The highest BCUT2D eigenvalue weighted by atomic mass is 35.5. The van der Waals surface area contributed by atoms with Gasteiger partial charge in [-0.3, -0.25) is 9.59 Å². The van der Waals surface area contributed by atoms with Gasteiger partial charge >= 0.3 is 0 Å². The molecule has 1 heterocycles. The van der Waals surface area contributed by atoms with E-state index in [9.17, 15) is 9.59 Å². The fraction of sp³-hybridized carbons (Fsp3) is 0.0500. The highest BCUT2D eigenvalue weighted by Crippen LogP contribution is 2.19. The third-order valence-electron chi connectivity index (χ3n) is 3.64. The van der Waals surface area contributed by atoms with Crippen LogP contribution in [0.1, 0.15) is 26.5 Å². The Morgan fingerprint density at radius 3 is 2.31 bits per heavy atom. The molecule has 0 saturated heterocycles. The van der Waals surface area contributed by atoms with Gasteiger partial charge in [0.1, 0.15) is 5.69 Å². The van der Waals surface area contributed by atoms with Crippen LogP contribution in [-0.2, 0) is 0 Å². The molecule has 5 nitrogen and oxygen atoms in total. The van der Waals surface area contributed by atoms with E-state index in [0.29, 0.717) is 22.0 Å². The number of rotatable bonds is 4. The van der Waals surface area contributed by atoms with Crippen molar-refractivity contribution in [1.29, 1.82) is 0 Å². The summed E-state index contributed by atoms with van der Waals surface area (Å²) in [6.45, 7) is 1.81. The minimum atomic E-state index is -0.375. The minimum Gasteiger partial charge on any atom is -0.322 e. The molecule has 0 fully saturated rings. The molecule has 2 N–H and O–H groups in total. The van der Waals surface area contributed by atoms with Crippen molar-refractivity contribution in [3.8, 4) is 0 Å². The van der Waals surface area contributed by atoms with E-state index in [-0.39, 0.29) is 17.5 Å². The molecule has 0 atom stereocenters. The van der Waals surface area contributed by atoms with E-state index in [1.807, 2.05) is 13.0 Å². The van der Waals surface area contributed by atoms with E-state index in [1.165, 1.54) is 0 Å². The Kier molecular flexibility index (Phi) is 5.29. The van der Waals surface area contributed by atoms with Gasteiger partial charge in [-0.05, 0) is 55.5 Å². The van der Waals surface area contributed by atoms with Crippen molar-refractivity contribution in [3.05, 3.63) is 88.7 Å². The molecule has 0 bridgehead atoms. The molecule has 0 aliphatic rings. The van der Waals surface area contributed by atoms with E-state index in [4.69, 9.17) is 11.6 Å². The number of aromatic nitrogens is 1. The predicted molar refractivity (Wildman–Crippen MR) is 103 cm³/mol. The van der Waals surface area contributed by atoms with Crippen LogP contribution in [0.2, 0.25) is 5.02 Å². The van der Waals surface area contributed by atoms with Crippen molar-refractivity contribution >= 4 is 34.8 Å². The number of hydrogen-bond donors (Lipinski definition) is 2. The molecule has 0 spiro atoms. The number of halogens is 1. The van der Waals surface area contributed by atoms with Gasteiger partial charge in [-0.15, -0.1) is 0 Å². The van der Waals surface area contributed by atoms with Crippen molar-refractivity contribution in [2.45, 2.75) is 6.92 Å². The third kappa shape index (κ3) is 4.26. The van der Waals surface area contributed by atoms with E-state index < -0.39 is 0 Å². The summed E-state index contributed by atoms with van der Waals surface area (Å²) in [5.74, 6) is -0.708. The molecule has 6 heteroatoms. The summed E-state index contributed by atoms with van der Waals surface area (Å²) in [4.78, 5) is 29.2. The predicted octanol–water partition coefficient (Wildman–Crippen LogP) is 4.55. The molecule has 2 aromatic carbocycles. The van der Waals surface area contributed by atoms with Gasteiger partial charge in [0.15, 0.2) is 0 Å². The van der Waals surface area contributed by atoms with Crippen LogP contribution in [-0.4, -0.2) is 16.8 Å². The molecule has 3 rings (SSSR count). The number of para-hydroxylation sites is 1. The number of nitrogens with zero attached hydrogens (tertiary/aromatic N) is 1. The average molecular weight is 366 g/mol. The van der Waals surface area contributed by atoms with E-state index >= 15 is 0 Å². The quantitative estimate of drug-likeness (QED) is 0.712. The molecule has 0 unspecified atom stereocenters. The zero-order chi connectivity index (χ0) is 18.5. The number of benzene rings is 2. The second-order valence-electron chi connectivity index (χ2n) is 5.62. The van der Waals surface area contributed by atoms with Crippen LogP contribution in [0.4, 0.5) is 11.4 Å². The van der Waals surface area contributed by atoms with Gasteiger partial charge in [0, 0.05) is 16.4 Å². The highest BCUT2D eigenvalue weighted by molar-refractivity contribution is 6.30. The maximum absolute atomic E-state index is 12.6. The molecule has 0 aliphatic carbocycles. The number of amides is 2. The van der Waals surface area contributed by atoms with Gasteiger partial charge in [-0.25, -0.2) is 4.98 Å². The van der Waals surface area contributed by atoms with E-state index in [2.05, 4.69) is 15.6 Å². The Labute approximate surface area is 156 Å². The molecule has 26 heavy (non-hydrogen) atoms. The Bertz CT molecular complexity index is 955. The third-order valence-corrected chi connectivity index (χ3v) is 3.89. The first-order chi connectivity index (χ1) is 12.5. The van der Waals surface area contributed by atoms with Crippen molar-refractivity contribution < 1.29 is 9.59 Å². The van der Waals surface area contributed by atoms with Crippen molar-refractivity contribution in [3.63, 3.8) is 0 Å². The summed E-state index contributed by atoms with van der Waals surface area (Å²) in [5.41, 5.74) is 2.40. The lowest BCUT2D eigenvalue weighted by molar-refractivity contribution is 0.102. The molecule has 0 aliphatic heterocycles. The van der Waals surface area contributed by atoms with Crippen molar-refractivity contribution in [1.82, 2.24) is 4.98 Å². The van der Waals surface area contributed by atoms with Gasteiger partial charge in [0.05, 0.1) is 11.3 Å². The Morgan fingerprint density at radius 2 is 1.58 bits per heavy atom. The number of nitrogens with one attached hydrogen (secondary N) is 2. The average Bonchev–Trinajstić information content (AvgIpc) is 2.64. The Balaban J connectivity index is 1.80. The fourth-order valence-corrected chi connectivity index (χ4v) is 2.50. The van der Waals surface area contributed by atoms with Crippen LogP contribution in [0, 0.1) is 6.92 Å². The zero-order valence-corrected chi connectivity index (χ0v) is 14.7. The summed E-state index contributed by atoms with van der Waals surface area (Å²) in [6, 6.07) is 18.8. The topological polar surface area (TPSA) is 71.1 Å². The first-order valence-corrected chi connectivity index (χ1v) is 8.32. The number of pyridine rings is 1. The van der Waals surface area contributed by atoms with Crippen LogP contribution in [0.3, 0.4) is 0 Å². The molecule has 2 amide bonds.